The Labute approximate surface area is 141 Å². The van der Waals surface area contributed by atoms with Gasteiger partial charge in [0.15, 0.2) is 6.61 Å². The Morgan fingerprint density at radius 2 is 1.68 bits per heavy atom. The van der Waals surface area contributed by atoms with Crippen LogP contribution in [0.1, 0.15) is 15.9 Å². The number of anilines is 1. The van der Waals surface area contributed by atoms with E-state index in [1.807, 2.05) is 0 Å². The summed E-state index contributed by atoms with van der Waals surface area (Å²) >= 11 is 0. The van der Waals surface area contributed by atoms with Gasteiger partial charge in [-0.2, -0.15) is 13.2 Å². The molecule has 0 bridgehead atoms. The molecule has 0 aliphatic carbocycles. The number of nitrogens with one attached hydrogen (secondary N) is 1. The van der Waals surface area contributed by atoms with Gasteiger partial charge in [-0.3, -0.25) is 4.79 Å². The van der Waals surface area contributed by atoms with E-state index in [1.165, 1.54) is 13.2 Å². The van der Waals surface area contributed by atoms with Crippen LogP contribution < -0.4 is 10.1 Å². The lowest BCUT2D eigenvalue weighted by Gasteiger charge is -2.12. The van der Waals surface area contributed by atoms with E-state index in [9.17, 15) is 22.8 Å². The number of hydrogen-bond acceptors (Lipinski definition) is 4. The molecular formula is C17H14F3NO4. The molecule has 0 aromatic heterocycles. The largest absolute Gasteiger partial charge is 0.495 e. The van der Waals surface area contributed by atoms with Crippen LogP contribution in [0.15, 0.2) is 48.5 Å². The summed E-state index contributed by atoms with van der Waals surface area (Å²) in [5, 5.41) is 2.45. The second-order valence-corrected chi connectivity index (χ2v) is 4.87. The molecule has 0 saturated heterocycles. The Bertz CT molecular complexity index is 774. The van der Waals surface area contributed by atoms with E-state index in [0.29, 0.717) is 11.4 Å². The van der Waals surface area contributed by atoms with Gasteiger partial charge in [-0.1, -0.05) is 24.3 Å². The Balaban J connectivity index is 2.02. The maximum atomic E-state index is 12.9. The van der Waals surface area contributed by atoms with E-state index in [0.717, 1.165) is 18.2 Å². The van der Waals surface area contributed by atoms with Crippen molar-refractivity contribution in [2.24, 2.45) is 0 Å². The first-order chi connectivity index (χ1) is 11.8. The highest BCUT2D eigenvalue weighted by molar-refractivity contribution is 5.96. The number of ether oxygens (including phenoxy) is 2. The molecule has 25 heavy (non-hydrogen) atoms. The lowest BCUT2D eigenvalue weighted by molar-refractivity contribution is -0.138. The van der Waals surface area contributed by atoms with Gasteiger partial charge in [0.05, 0.1) is 23.9 Å². The summed E-state index contributed by atoms with van der Waals surface area (Å²) in [6, 6.07) is 10.7. The zero-order valence-corrected chi connectivity index (χ0v) is 13.1. The van der Waals surface area contributed by atoms with Crippen molar-refractivity contribution in [1.29, 1.82) is 0 Å². The maximum absolute atomic E-state index is 12.9. The second kappa shape index (κ2) is 7.69. The van der Waals surface area contributed by atoms with Crippen molar-refractivity contribution in [1.82, 2.24) is 0 Å². The number of rotatable bonds is 5. The van der Waals surface area contributed by atoms with E-state index in [4.69, 9.17) is 4.74 Å². The number of methoxy groups -OCH3 is 1. The van der Waals surface area contributed by atoms with Crippen LogP contribution >= 0.6 is 0 Å². The second-order valence-electron chi connectivity index (χ2n) is 4.87. The van der Waals surface area contributed by atoms with Crippen LogP contribution in [0.3, 0.4) is 0 Å². The molecule has 1 amide bonds. The Morgan fingerprint density at radius 3 is 2.36 bits per heavy atom. The van der Waals surface area contributed by atoms with Gasteiger partial charge >= 0.3 is 12.1 Å². The van der Waals surface area contributed by atoms with Gasteiger partial charge in [0.2, 0.25) is 0 Å². The zero-order chi connectivity index (χ0) is 18.4. The van der Waals surface area contributed by atoms with Crippen LogP contribution in [0.25, 0.3) is 0 Å². The van der Waals surface area contributed by atoms with E-state index >= 15 is 0 Å². The number of carbonyl (C=O) groups excluding carboxylic acids is 2. The number of halogens is 3. The number of hydrogen-bond donors (Lipinski definition) is 1. The van der Waals surface area contributed by atoms with Crippen LogP contribution in [-0.4, -0.2) is 25.6 Å². The fourth-order valence-corrected chi connectivity index (χ4v) is 2.05. The summed E-state index contributed by atoms with van der Waals surface area (Å²) in [7, 11) is 1.42. The lowest BCUT2D eigenvalue weighted by atomic mass is 10.1. The number of benzene rings is 2. The molecule has 1 N–H and O–H groups in total. The van der Waals surface area contributed by atoms with Crippen molar-refractivity contribution >= 4 is 17.6 Å². The molecular weight excluding hydrogens is 339 g/mol. The Morgan fingerprint density at radius 1 is 1.04 bits per heavy atom. The van der Waals surface area contributed by atoms with E-state index in [-0.39, 0.29) is 0 Å². The first kappa shape index (κ1) is 18.3. The average Bonchev–Trinajstić information content (AvgIpc) is 2.59. The number of alkyl halides is 3. The van der Waals surface area contributed by atoms with Crippen molar-refractivity contribution in [2.45, 2.75) is 6.18 Å². The number of esters is 1. The topological polar surface area (TPSA) is 64.6 Å². The van der Waals surface area contributed by atoms with Gasteiger partial charge in [-0.05, 0) is 24.3 Å². The summed E-state index contributed by atoms with van der Waals surface area (Å²) < 4.78 is 48.4. The molecule has 2 rings (SSSR count). The maximum Gasteiger partial charge on any atom is 0.417 e. The third-order valence-corrected chi connectivity index (χ3v) is 3.17. The molecule has 0 aliphatic rings. The van der Waals surface area contributed by atoms with Crippen molar-refractivity contribution in [2.75, 3.05) is 19.0 Å². The Kier molecular flexibility index (Phi) is 5.63. The van der Waals surface area contributed by atoms with Crippen molar-refractivity contribution in [3.8, 4) is 5.75 Å². The fourth-order valence-electron chi connectivity index (χ4n) is 2.05. The molecule has 2 aromatic rings. The molecule has 5 nitrogen and oxygen atoms in total. The molecule has 0 unspecified atom stereocenters. The highest BCUT2D eigenvalue weighted by Gasteiger charge is 2.35. The normalized spacial score (nSPS) is 10.9. The molecule has 0 fully saturated rings. The molecule has 0 atom stereocenters. The molecule has 0 radical (unpaired) electrons. The Hall–Kier alpha value is -3.03. The SMILES string of the molecule is COc1ccccc1NC(=O)COC(=O)c1ccccc1C(F)(F)F. The highest BCUT2D eigenvalue weighted by Crippen LogP contribution is 2.32. The standard InChI is InChI=1S/C17H14F3NO4/c1-24-14-9-5-4-8-13(14)21-15(22)10-25-16(23)11-6-2-3-7-12(11)17(18,19)20/h2-9H,10H2,1H3,(H,21,22). The van der Waals surface area contributed by atoms with E-state index in [2.05, 4.69) is 10.1 Å². The van der Waals surface area contributed by atoms with Crippen LogP contribution in [0.2, 0.25) is 0 Å². The van der Waals surface area contributed by atoms with E-state index < -0.39 is 35.8 Å². The third kappa shape index (κ3) is 4.72. The highest BCUT2D eigenvalue weighted by atomic mass is 19.4. The minimum absolute atomic E-state index is 0.349. The summed E-state index contributed by atoms with van der Waals surface area (Å²) in [5.41, 5.74) is -1.42. The summed E-state index contributed by atoms with van der Waals surface area (Å²) in [6.07, 6.45) is -4.70. The molecule has 0 spiro atoms. The van der Waals surface area contributed by atoms with Crippen LogP contribution in [0.4, 0.5) is 18.9 Å². The van der Waals surface area contributed by atoms with Gasteiger partial charge in [-0.15, -0.1) is 0 Å². The smallest absolute Gasteiger partial charge is 0.417 e. The van der Waals surface area contributed by atoms with Crippen LogP contribution in [0, 0.1) is 0 Å². The van der Waals surface area contributed by atoms with Gasteiger partial charge in [0, 0.05) is 0 Å². The first-order valence-electron chi connectivity index (χ1n) is 7.09. The molecule has 2 aromatic carbocycles. The predicted octanol–water partition coefficient (Wildman–Crippen LogP) is 3.51. The zero-order valence-electron chi connectivity index (χ0n) is 13.1. The quantitative estimate of drug-likeness (QED) is 0.836. The molecule has 8 heteroatoms. The van der Waals surface area contributed by atoms with Gasteiger partial charge in [0.1, 0.15) is 5.75 Å². The van der Waals surface area contributed by atoms with Crippen LogP contribution in [-0.2, 0) is 15.7 Å². The van der Waals surface area contributed by atoms with E-state index in [1.54, 1.807) is 24.3 Å². The molecule has 0 saturated carbocycles. The molecule has 132 valence electrons. The third-order valence-electron chi connectivity index (χ3n) is 3.17. The van der Waals surface area contributed by atoms with Crippen molar-refractivity contribution in [3.05, 3.63) is 59.7 Å². The number of carbonyl (C=O) groups is 2. The summed E-state index contributed by atoms with van der Waals surface area (Å²) in [5.74, 6) is -1.55. The first-order valence-corrected chi connectivity index (χ1v) is 7.09. The van der Waals surface area contributed by atoms with Crippen molar-refractivity contribution in [3.63, 3.8) is 0 Å². The van der Waals surface area contributed by atoms with Gasteiger partial charge in [-0.25, -0.2) is 4.79 Å². The average molecular weight is 353 g/mol. The molecule has 0 aliphatic heterocycles. The van der Waals surface area contributed by atoms with Gasteiger partial charge in [0.25, 0.3) is 5.91 Å². The summed E-state index contributed by atoms with van der Waals surface area (Å²) in [4.78, 5) is 23.7. The van der Waals surface area contributed by atoms with Gasteiger partial charge < -0.3 is 14.8 Å². The minimum atomic E-state index is -4.70. The number of para-hydroxylation sites is 2. The fraction of sp³-hybridized carbons (Fsp3) is 0.176. The minimum Gasteiger partial charge on any atom is -0.495 e. The molecule has 0 heterocycles. The summed E-state index contributed by atoms with van der Waals surface area (Å²) in [6.45, 7) is -0.733. The van der Waals surface area contributed by atoms with Crippen molar-refractivity contribution < 1.29 is 32.2 Å². The lowest BCUT2D eigenvalue weighted by Crippen LogP contribution is -2.22. The predicted molar refractivity (Wildman–Crippen MR) is 83.4 cm³/mol. The van der Waals surface area contributed by atoms with Crippen LogP contribution in [0.5, 0.6) is 5.75 Å². The number of amides is 1. The monoisotopic (exact) mass is 353 g/mol.